The molecule has 0 saturated heterocycles. The van der Waals surface area contributed by atoms with Crippen LogP contribution >= 0.6 is 34.3 Å². The zero-order chi connectivity index (χ0) is 13.5. The first-order chi connectivity index (χ1) is 9.07. The summed E-state index contributed by atoms with van der Waals surface area (Å²) in [6, 6.07) is 1.97. The highest BCUT2D eigenvalue weighted by molar-refractivity contribution is 7.14. The van der Waals surface area contributed by atoms with Gasteiger partial charge in [0.15, 0.2) is 0 Å². The molecular weight excluding hydrogens is 296 g/mol. The lowest BCUT2D eigenvalue weighted by molar-refractivity contribution is 0.238. The molecule has 0 aromatic carbocycles. The number of thiophene rings is 1. The van der Waals surface area contributed by atoms with Crippen LogP contribution in [0.25, 0.3) is 11.3 Å². The number of rotatable bonds is 2. The highest BCUT2D eigenvalue weighted by Gasteiger charge is 2.35. The van der Waals surface area contributed by atoms with E-state index in [0.717, 1.165) is 33.4 Å². The van der Waals surface area contributed by atoms with Gasteiger partial charge in [0.1, 0.15) is 5.01 Å². The van der Waals surface area contributed by atoms with E-state index < -0.39 is 0 Å². The van der Waals surface area contributed by atoms with Crippen LogP contribution in [0, 0.1) is 5.92 Å². The van der Waals surface area contributed by atoms with Crippen LogP contribution < -0.4 is 5.73 Å². The van der Waals surface area contributed by atoms with Gasteiger partial charge in [-0.15, -0.1) is 22.7 Å². The molecule has 2 aromatic heterocycles. The normalized spacial score (nSPS) is 27.6. The fraction of sp³-hybridized carbons (Fsp3) is 0.500. The molecule has 1 aliphatic rings. The standard InChI is InChI=1S/C14H17ClN2S2/c1-9-3-2-4-14(16,6-9)13-17-11(8-19-13)10-5-12(15)18-7-10/h5,7-9H,2-4,6,16H2,1H3. The molecule has 2 unspecified atom stereocenters. The van der Waals surface area contributed by atoms with Crippen molar-refractivity contribution in [1.82, 2.24) is 4.98 Å². The third-order valence-corrected chi connectivity index (χ3v) is 5.98. The fourth-order valence-corrected chi connectivity index (χ4v) is 4.72. The molecule has 1 saturated carbocycles. The maximum atomic E-state index is 6.59. The molecule has 102 valence electrons. The first-order valence-corrected chi connectivity index (χ1v) is 8.70. The minimum atomic E-state index is -0.222. The van der Waals surface area contributed by atoms with Crippen molar-refractivity contribution in [2.75, 3.05) is 0 Å². The van der Waals surface area contributed by atoms with E-state index >= 15 is 0 Å². The highest BCUT2D eigenvalue weighted by atomic mass is 35.5. The Labute approximate surface area is 126 Å². The number of nitrogens with two attached hydrogens (primary N) is 1. The molecule has 3 rings (SSSR count). The molecule has 2 heterocycles. The summed E-state index contributed by atoms with van der Waals surface area (Å²) >= 11 is 9.21. The molecule has 19 heavy (non-hydrogen) atoms. The second kappa shape index (κ2) is 5.17. The number of halogens is 1. The lowest BCUT2D eigenvalue weighted by Crippen LogP contribution is -2.40. The summed E-state index contributed by atoms with van der Waals surface area (Å²) in [6.07, 6.45) is 4.59. The van der Waals surface area contributed by atoms with Crippen molar-refractivity contribution >= 4 is 34.3 Å². The van der Waals surface area contributed by atoms with Gasteiger partial charge in [-0.1, -0.05) is 31.4 Å². The zero-order valence-electron chi connectivity index (χ0n) is 10.9. The van der Waals surface area contributed by atoms with E-state index in [1.54, 1.807) is 22.7 Å². The summed E-state index contributed by atoms with van der Waals surface area (Å²) < 4.78 is 0.804. The predicted molar refractivity (Wildman–Crippen MR) is 83.9 cm³/mol. The predicted octanol–water partition coefficient (Wildman–Crippen LogP) is 4.89. The van der Waals surface area contributed by atoms with Gasteiger partial charge >= 0.3 is 0 Å². The van der Waals surface area contributed by atoms with Crippen molar-refractivity contribution in [3.05, 3.63) is 26.2 Å². The van der Waals surface area contributed by atoms with Gasteiger partial charge in [0.2, 0.25) is 0 Å². The Hall–Kier alpha value is -0.420. The Kier molecular flexibility index (Phi) is 3.69. The zero-order valence-corrected chi connectivity index (χ0v) is 13.2. The molecule has 2 N–H and O–H groups in total. The summed E-state index contributed by atoms with van der Waals surface area (Å²) in [5.41, 5.74) is 8.48. The molecule has 0 radical (unpaired) electrons. The van der Waals surface area contributed by atoms with Crippen LogP contribution in [0.2, 0.25) is 4.34 Å². The first kappa shape index (κ1) is 13.6. The minimum absolute atomic E-state index is 0.222. The van der Waals surface area contributed by atoms with Crippen molar-refractivity contribution in [1.29, 1.82) is 0 Å². The summed E-state index contributed by atoms with van der Waals surface area (Å²) in [6.45, 7) is 2.29. The van der Waals surface area contributed by atoms with Crippen molar-refractivity contribution < 1.29 is 0 Å². The summed E-state index contributed by atoms with van der Waals surface area (Å²) in [5.74, 6) is 0.696. The van der Waals surface area contributed by atoms with Crippen LogP contribution in [0.3, 0.4) is 0 Å². The Morgan fingerprint density at radius 3 is 2.95 bits per heavy atom. The highest BCUT2D eigenvalue weighted by Crippen LogP contribution is 2.40. The first-order valence-electron chi connectivity index (χ1n) is 6.56. The Morgan fingerprint density at radius 1 is 1.42 bits per heavy atom. The molecular formula is C14H17ClN2S2. The van der Waals surface area contributed by atoms with Gasteiger partial charge in [0, 0.05) is 16.3 Å². The number of hydrogen-bond acceptors (Lipinski definition) is 4. The van der Waals surface area contributed by atoms with Gasteiger partial charge in [-0.25, -0.2) is 4.98 Å². The number of thiazole rings is 1. The average molecular weight is 313 g/mol. The monoisotopic (exact) mass is 312 g/mol. The second-order valence-electron chi connectivity index (χ2n) is 5.54. The molecule has 5 heteroatoms. The molecule has 1 fully saturated rings. The van der Waals surface area contributed by atoms with E-state index in [2.05, 4.69) is 12.3 Å². The van der Waals surface area contributed by atoms with Crippen molar-refractivity contribution in [2.24, 2.45) is 11.7 Å². The molecule has 2 aromatic rings. The van der Waals surface area contributed by atoms with Crippen LogP contribution in [-0.2, 0) is 5.54 Å². The van der Waals surface area contributed by atoms with Gasteiger partial charge in [-0.2, -0.15) is 0 Å². The number of hydrogen-bond donors (Lipinski definition) is 1. The van der Waals surface area contributed by atoms with Crippen LogP contribution in [0.1, 0.15) is 37.6 Å². The third-order valence-electron chi connectivity index (χ3n) is 3.83. The van der Waals surface area contributed by atoms with Gasteiger partial charge in [0.25, 0.3) is 0 Å². The van der Waals surface area contributed by atoms with E-state index in [1.807, 2.05) is 11.4 Å². The van der Waals surface area contributed by atoms with Gasteiger partial charge in [-0.3, -0.25) is 0 Å². The van der Waals surface area contributed by atoms with E-state index in [1.165, 1.54) is 12.8 Å². The van der Waals surface area contributed by atoms with Gasteiger partial charge < -0.3 is 5.73 Å². The minimum Gasteiger partial charge on any atom is -0.319 e. The molecule has 0 spiro atoms. The van der Waals surface area contributed by atoms with E-state index in [-0.39, 0.29) is 5.54 Å². The topological polar surface area (TPSA) is 38.9 Å². The number of nitrogens with zero attached hydrogens (tertiary/aromatic N) is 1. The van der Waals surface area contributed by atoms with Gasteiger partial charge in [0.05, 0.1) is 15.6 Å². The van der Waals surface area contributed by atoms with E-state index in [4.69, 9.17) is 22.3 Å². The summed E-state index contributed by atoms with van der Waals surface area (Å²) in [4.78, 5) is 4.77. The van der Waals surface area contributed by atoms with Gasteiger partial charge in [-0.05, 0) is 24.8 Å². The molecule has 2 atom stereocenters. The van der Waals surface area contributed by atoms with Crippen LogP contribution in [0.4, 0.5) is 0 Å². The molecule has 0 bridgehead atoms. The van der Waals surface area contributed by atoms with Crippen LogP contribution in [0.15, 0.2) is 16.8 Å². The summed E-state index contributed by atoms with van der Waals surface area (Å²) in [5, 5.41) is 5.23. The van der Waals surface area contributed by atoms with Crippen LogP contribution in [0.5, 0.6) is 0 Å². The SMILES string of the molecule is CC1CCCC(N)(c2nc(-c3csc(Cl)c3)cs2)C1. The molecule has 0 amide bonds. The van der Waals surface area contributed by atoms with Crippen LogP contribution in [-0.4, -0.2) is 4.98 Å². The number of aromatic nitrogens is 1. The Balaban J connectivity index is 1.88. The molecule has 2 nitrogen and oxygen atoms in total. The lowest BCUT2D eigenvalue weighted by Gasteiger charge is -2.35. The van der Waals surface area contributed by atoms with Crippen molar-refractivity contribution in [3.63, 3.8) is 0 Å². The Morgan fingerprint density at radius 2 is 2.26 bits per heavy atom. The van der Waals surface area contributed by atoms with Crippen molar-refractivity contribution in [3.8, 4) is 11.3 Å². The van der Waals surface area contributed by atoms with Crippen molar-refractivity contribution in [2.45, 2.75) is 38.1 Å². The average Bonchev–Trinajstić information content (AvgIpc) is 2.96. The quantitative estimate of drug-likeness (QED) is 0.857. The molecule has 1 aliphatic carbocycles. The smallest absolute Gasteiger partial charge is 0.113 e. The van der Waals surface area contributed by atoms with E-state index in [0.29, 0.717) is 5.92 Å². The fourth-order valence-electron chi connectivity index (χ4n) is 2.87. The largest absolute Gasteiger partial charge is 0.319 e. The second-order valence-corrected chi connectivity index (χ2v) is 7.94. The maximum Gasteiger partial charge on any atom is 0.113 e. The molecule has 0 aliphatic heterocycles. The maximum absolute atomic E-state index is 6.59. The Bertz CT molecular complexity index is 578. The van der Waals surface area contributed by atoms with E-state index in [9.17, 15) is 0 Å². The summed E-state index contributed by atoms with van der Waals surface area (Å²) in [7, 11) is 0. The third kappa shape index (κ3) is 2.72. The lowest BCUT2D eigenvalue weighted by atomic mass is 9.77.